The van der Waals surface area contributed by atoms with Gasteiger partial charge >= 0.3 is 7.12 Å². The number of carbonyl (C=O) groups excluding carboxylic acids is 1. The van der Waals surface area contributed by atoms with Crippen LogP contribution in [0.3, 0.4) is 0 Å². The Morgan fingerprint density at radius 3 is 2.91 bits per heavy atom. The summed E-state index contributed by atoms with van der Waals surface area (Å²) >= 11 is 1.36. The molecule has 3 rings (SSSR count). The molecule has 0 radical (unpaired) electrons. The number of carbonyl (C=O) groups is 1. The first-order valence-corrected chi connectivity index (χ1v) is 8.05. The topological polar surface area (TPSA) is 69.7 Å². The molecule has 1 aliphatic rings. The highest BCUT2D eigenvalue weighted by Crippen LogP contribution is 2.23. The third kappa shape index (κ3) is 3.55. The van der Waals surface area contributed by atoms with Crippen LogP contribution in [0.1, 0.15) is 24.2 Å². The van der Waals surface area contributed by atoms with Crippen molar-refractivity contribution in [2.75, 3.05) is 19.0 Å². The third-order valence-electron chi connectivity index (χ3n) is 3.40. The van der Waals surface area contributed by atoms with Crippen LogP contribution in [0.2, 0.25) is 0 Å². The Labute approximate surface area is 138 Å². The van der Waals surface area contributed by atoms with Gasteiger partial charge in [-0.2, -0.15) is 0 Å². The lowest BCUT2D eigenvalue weighted by atomic mass is 9.78. The monoisotopic (exact) mass is 332 g/mol. The molecule has 1 N–H and O–H groups in total. The summed E-state index contributed by atoms with van der Waals surface area (Å²) in [6, 6.07) is 5.28. The van der Waals surface area contributed by atoms with E-state index in [-0.39, 0.29) is 11.5 Å². The number of amides is 1. The van der Waals surface area contributed by atoms with Crippen LogP contribution in [0.4, 0.5) is 5.13 Å². The predicted molar refractivity (Wildman–Crippen MR) is 89.6 cm³/mol. The summed E-state index contributed by atoms with van der Waals surface area (Å²) in [5.74, 6) is 0.199. The van der Waals surface area contributed by atoms with Gasteiger partial charge in [-0.1, -0.05) is 6.07 Å². The lowest BCUT2D eigenvalue weighted by Crippen LogP contribution is -2.34. The van der Waals surface area contributed by atoms with Crippen molar-refractivity contribution in [2.24, 2.45) is 0 Å². The molecule has 2 aromatic rings. The van der Waals surface area contributed by atoms with Crippen molar-refractivity contribution in [3.8, 4) is 5.75 Å². The molecule has 0 bridgehead atoms. The highest BCUT2D eigenvalue weighted by molar-refractivity contribution is 7.13. The lowest BCUT2D eigenvalue weighted by molar-refractivity contribution is 0.102. The van der Waals surface area contributed by atoms with E-state index in [4.69, 9.17) is 14.0 Å². The van der Waals surface area contributed by atoms with E-state index in [1.165, 1.54) is 18.4 Å². The fraction of sp³-hybridized carbons (Fsp3) is 0.333. The van der Waals surface area contributed by atoms with Crippen LogP contribution < -0.4 is 15.5 Å². The highest BCUT2D eigenvalue weighted by atomic mass is 32.1. The SMILES string of the molecule is COc1cc(B2OCC(C)(C)O2)ccc1C(=O)Nc1nccs1. The fourth-order valence-electron chi connectivity index (χ4n) is 2.29. The molecule has 1 aliphatic heterocycles. The van der Waals surface area contributed by atoms with Gasteiger partial charge in [0.1, 0.15) is 5.75 Å². The fourth-order valence-corrected chi connectivity index (χ4v) is 2.81. The zero-order chi connectivity index (χ0) is 16.4. The van der Waals surface area contributed by atoms with Gasteiger partial charge in [0.05, 0.1) is 24.9 Å². The quantitative estimate of drug-likeness (QED) is 0.867. The second-order valence-corrected chi connectivity index (χ2v) is 6.67. The molecule has 0 aliphatic carbocycles. The minimum Gasteiger partial charge on any atom is -0.496 e. The number of nitrogens with one attached hydrogen (secondary N) is 1. The molecule has 23 heavy (non-hydrogen) atoms. The molecule has 1 fully saturated rings. The molecule has 8 heteroatoms. The van der Waals surface area contributed by atoms with Crippen molar-refractivity contribution in [1.29, 1.82) is 0 Å². The van der Waals surface area contributed by atoms with Crippen LogP contribution in [0.5, 0.6) is 5.75 Å². The molecule has 1 saturated heterocycles. The third-order valence-corrected chi connectivity index (χ3v) is 4.09. The second-order valence-electron chi connectivity index (χ2n) is 5.77. The minimum absolute atomic E-state index is 0.267. The van der Waals surface area contributed by atoms with E-state index < -0.39 is 7.12 Å². The number of hydrogen-bond donors (Lipinski definition) is 1. The molecule has 1 amide bonds. The summed E-state index contributed by atoms with van der Waals surface area (Å²) in [5.41, 5.74) is 0.931. The van der Waals surface area contributed by atoms with Gasteiger partial charge in [0.2, 0.25) is 0 Å². The zero-order valence-corrected chi connectivity index (χ0v) is 14.0. The Kier molecular flexibility index (Phi) is 4.38. The first-order valence-electron chi connectivity index (χ1n) is 7.17. The molecule has 1 aromatic carbocycles. The number of hydrogen-bond acceptors (Lipinski definition) is 6. The van der Waals surface area contributed by atoms with Gasteiger partial charge in [-0.15, -0.1) is 11.3 Å². The largest absolute Gasteiger partial charge is 0.496 e. The van der Waals surface area contributed by atoms with E-state index in [0.29, 0.717) is 23.1 Å². The van der Waals surface area contributed by atoms with Gasteiger partial charge in [0.15, 0.2) is 5.13 Å². The van der Waals surface area contributed by atoms with Crippen LogP contribution in [-0.4, -0.2) is 37.3 Å². The number of methoxy groups -OCH3 is 1. The van der Waals surface area contributed by atoms with E-state index in [1.54, 1.807) is 23.7 Å². The smallest absolute Gasteiger partial charge is 0.494 e. The maximum absolute atomic E-state index is 12.3. The average molecular weight is 332 g/mol. The zero-order valence-electron chi connectivity index (χ0n) is 13.2. The number of ether oxygens (including phenoxy) is 1. The average Bonchev–Trinajstić information content (AvgIpc) is 3.15. The Bertz CT molecular complexity index is 706. The molecular weight excluding hydrogens is 315 g/mol. The van der Waals surface area contributed by atoms with E-state index in [9.17, 15) is 4.79 Å². The van der Waals surface area contributed by atoms with Crippen LogP contribution in [0.25, 0.3) is 0 Å². The summed E-state index contributed by atoms with van der Waals surface area (Å²) in [5, 5.41) is 5.09. The van der Waals surface area contributed by atoms with E-state index in [2.05, 4.69) is 10.3 Å². The Hall–Kier alpha value is -1.90. The van der Waals surface area contributed by atoms with E-state index >= 15 is 0 Å². The van der Waals surface area contributed by atoms with Crippen molar-refractivity contribution in [3.05, 3.63) is 35.3 Å². The minimum atomic E-state index is -0.449. The second kappa shape index (κ2) is 6.31. The number of thiazole rings is 1. The van der Waals surface area contributed by atoms with Crippen molar-refractivity contribution in [2.45, 2.75) is 19.4 Å². The lowest BCUT2D eigenvalue weighted by Gasteiger charge is -2.16. The van der Waals surface area contributed by atoms with Crippen LogP contribution in [0, 0.1) is 0 Å². The number of nitrogens with zero attached hydrogens (tertiary/aromatic N) is 1. The Morgan fingerprint density at radius 1 is 1.48 bits per heavy atom. The van der Waals surface area contributed by atoms with Crippen LogP contribution >= 0.6 is 11.3 Å². The first-order chi connectivity index (χ1) is 11.0. The summed E-state index contributed by atoms with van der Waals surface area (Å²) in [4.78, 5) is 16.4. The van der Waals surface area contributed by atoms with Crippen LogP contribution in [-0.2, 0) is 9.31 Å². The number of benzene rings is 1. The molecular formula is C15H17BN2O4S. The van der Waals surface area contributed by atoms with Gasteiger partial charge in [-0.25, -0.2) is 4.98 Å². The number of rotatable bonds is 4. The summed E-state index contributed by atoms with van der Waals surface area (Å²) in [7, 11) is 1.08. The molecule has 0 unspecified atom stereocenters. The van der Waals surface area contributed by atoms with E-state index in [0.717, 1.165) is 5.46 Å². The van der Waals surface area contributed by atoms with Crippen molar-refractivity contribution >= 4 is 35.0 Å². The standard InChI is InChI=1S/C15H17BN2O4S/c1-15(2)9-21-16(22-15)10-4-5-11(12(8-10)20-3)13(19)18-14-17-6-7-23-14/h4-8H,9H2,1-3H3,(H,17,18,19). The highest BCUT2D eigenvalue weighted by Gasteiger charge is 2.38. The molecule has 120 valence electrons. The van der Waals surface area contributed by atoms with Crippen molar-refractivity contribution in [1.82, 2.24) is 4.98 Å². The van der Waals surface area contributed by atoms with Gasteiger partial charge in [-0.05, 0) is 31.4 Å². The molecule has 0 atom stereocenters. The van der Waals surface area contributed by atoms with E-state index in [1.807, 2.05) is 19.9 Å². The summed E-state index contributed by atoms with van der Waals surface area (Å²) in [6.07, 6.45) is 1.64. The van der Waals surface area contributed by atoms with Gasteiger partial charge in [0, 0.05) is 11.6 Å². The molecule has 2 heterocycles. The van der Waals surface area contributed by atoms with Crippen molar-refractivity contribution in [3.63, 3.8) is 0 Å². The molecule has 6 nitrogen and oxygen atoms in total. The van der Waals surface area contributed by atoms with Gasteiger partial charge < -0.3 is 14.0 Å². The maximum Gasteiger partial charge on any atom is 0.494 e. The molecule has 0 spiro atoms. The molecule has 0 saturated carbocycles. The van der Waals surface area contributed by atoms with Crippen LogP contribution in [0.15, 0.2) is 29.8 Å². The van der Waals surface area contributed by atoms with Crippen molar-refractivity contribution < 1.29 is 18.8 Å². The predicted octanol–water partition coefficient (Wildman–Crippen LogP) is 1.92. The molecule has 1 aromatic heterocycles. The Morgan fingerprint density at radius 2 is 2.30 bits per heavy atom. The number of aromatic nitrogens is 1. The maximum atomic E-state index is 12.3. The first kappa shape index (κ1) is 16.0. The Balaban J connectivity index is 1.81. The summed E-state index contributed by atoms with van der Waals surface area (Å²) < 4.78 is 16.8. The summed E-state index contributed by atoms with van der Waals surface area (Å²) in [6.45, 7) is 4.46. The number of anilines is 1. The van der Waals surface area contributed by atoms with Gasteiger partial charge in [0.25, 0.3) is 5.91 Å². The van der Waals surface area contributed by atoms with Gasteiger partial charge in [-0.3, -0.25) is 10.1 Å². The normalized spacial score (nSPS) is 16.4.